The van der Waals surface area contributed by atoms with Crippen LogP contribution in [0.4, 0.5) is 0 Å². The molecule has 1 heteroatoms. The molecular weight excluding hydrogens is 124 g/mol. The maximum absolute atomic E-state index is 11.2. The summed E-state index contributed by atoms with van der Waals surface area (Å²) in [6, 6.07) is 0. The first-order chi connectivity index (χ1) is 4.69. The highest BCUT2D eigenvalue weighted by molar-refractivity contribution is 5.97. The normalized spacial score (nSPS) is 31.1. The maximum Gasteiger partial charge on any atom is 0.161 e. The van der Waals surface area contributed by atoms with E-state index in [1.807, 2.05) is 19.1 Å². The third kappa shape index (κ3) is 1.04. The zero-order valence-corrected chi connectivity index (χ0v) is 6.26. The SMILES string of the molecule is C=CC[C@@]1(C)CC=CC1=O. The van der Waals surface area contributed by atoms with E-state index in [0.717, 1.165) is 12.8 Å². The molecule has 0 saturated heterocycles. The van der Waals surface area contributed by atoms with Crippen LogP contribution in [-0.4, -0.2) is 5.78 Å². The Bertz CT molecular complexity index is 191. The van der Waals surface area contributed by atoms with E-state index in [-0.39, 0.29) is 11.2 Å². The first-order valence-electron chi connectivity index (χ1n) is 3.51. The minimum absolute atomic E-state index is 0.165. The summed E-state index contributed by atoms with van der Waals surface area (Å²) >= 11 is 0. The van der Waals surface area contributed by atoms with Gasteiger partial charge >= 0.3 is 0 Å². The fourth-order valence-corrected chi connectivity index (χ4v) is 1.23. The van der Waals surface area contributed by atoms with Crippen LogP contribution in [0.2, 0.25) is 0 Å². The molecule has 54 valence electrons. The highest BCUT2D eigenvalue weighted by atomic mass is 16.1. The molecule has 0 aromatic rings. The summed E-state index contributed by atoms with van der Waals surface area (Å²) in [6.07, 6.45) is 7.08. The molecule has 1 atom stereocenters. The molecule has 1 nitrogen and oxygen atoms in total. The summed E-state index contributed by atoms with van der Waals surface area (Å²) in [4.78, 5) is 11.2. The number of carbonyl (C=O) groups excluding carboxylic acids is 1. The van der Waals surface area contributed by atoms with Crippen LogP contribution in [0.1, 0.15) is 19.8 Å². The maximum atomic E-state index is 11.2. The minimum atomic E-state index is -0.165. The van der Waals surface area contributed by atoms with Gasteiger partial charge in [0.15, 0.2) is 5.78 Å². The molecule has 0 aromatic carbocycles. The Morgan fingerprint density at radius 3 is 3.00 bits per heavy atom. The van der Waals surface area contributed by atoms with Crippen LogP contribution >= 0.6 is 0 Å². The zero-order chi connectivity index (χ0) is 7.61. The standard InChI is InChI=1S/C9H12O/c1-3-6-9(2)7-4-5-8(9)10/h3-5H,1,6-7H2,2H3/t9-/m0/s1. The molecule has 0 heterocycles. The van der Waals surface area contributed by atoms with Gasteiger partial charge in [-0.1, -0.05) is 19.1 Å². The van der Waals surface area contributed by atoms with Crippen molar-refractivity contribution in [3.8, 4) is 0 Å². The van der Waals surface area contributed by atoms with Crippen LogP contribution in [-0.2, 0) is 4.79 Å². The van der Waals surface area contributed by atoms with Crippen LogP contribution < -0.4 is 0 Å². The van der Waals surface area contributed by atoms with Crippen LogP contribution in [0.3, 0.4) is 0 Å². The van der Waals surface area contributed by atoms with Gasteiger partial charge in [0.05, 0.1) is 0 Å². The largest absolute Gasteiger partial charge is 0.294 e. The molecule has 0 radical (unpaired) electrons. The van der Waals surface area contributed by atoms with Crippen molar-refractivity contribution in [3.05, 3.63) is 24.8 Å². The highest BCUT2D eigenvalue weighted by Crippen LogP contribution is 2.32. The van der Waals surface area contributed by atoms with Gasteiger partial charge in [0.25, 0.3) is 0 Å². The molecule has 10 heavy (non-hydrogen) atoms. The van der Waals surface area contributed by atoms with Crippen LogP contribution in [0.25, 0.3) is 0 Å². The number of rotatable bonds is 2. The van der Waals surface area contributed by atoms with Gasteiger partial charge in [-0.25, -0.2) is 0 Å². The van der Waals surface area contributed by atoms with Crippen molar-refractivity contribution < 1.29 is 4.79 Å². The van der Waals surface area contributed by atoms with Crippen molar-refractivity contribution in [2.45, 2.75) is 19.8 Å². The molecule has 0 N–H and O–H groups in total. The number of allylic oxidation sites excluding steroid dienone is 3. The molecule has 0 fully saturated rings. The van der Waals surface area contributed by atoms with E-state index in [1.165, 1.54) is 0 Å². The van der Waals surface area contributed by atoms with Gasteiger partial charge in [0.2, 0.25) is 0 Å². The van der Waals surface area contributed by atoms with Crippen molar-refractivity contribution >= 4 is 5.78 Å². The lowest BCUT2D eigenvalue weighted by molar-refractivity contribution is -0.121. The van der Waals surface area contributed by atoms with E-state index >= 15 is 0 Å². The Hall–Kier alpha value is -0.850. The summed E-state index contributed by atoms with van der Waals surface area (Å²) in [5, 5.41) is 0. The quantitative estimate of drug-likeness (QED) is 0.531. The molecule has 1 aliphatic carbocycles. The van der Waals surface area contributed by atoms with E-state index in [2.05, 4.69) is 6.58 Å². The molecule has 1 aliphatic rings. The summed E-state index contributed by atoms with van der Waals surface area (Å²) in [7, 11) is 0. The van der Waals surface area contributed by atoms with Crippen LogP contribution in [0.15, 0.2) is 24.8 Å². The number of hydrogen-bond donors (Lipinski definition) is 0. The first kappa shape index (κ1) is 7.26. The van der Waals surface area contributed by atoms with E-state index < -0.39 is 0 Å². The molecule has 1 rings (SSSR count). The summed E-state index contributed by atoms with van der Waals surface area (Å²) in [5.74, 6) is 0.243. The van der Waals surface area contributed by atoms with Crippen molar-refractivity contribution in [2.75, 3.05) is 0 Å². The molecule has 0 aliphatic heterocycles. The third-order valence-corrected chi connectivity index (χ3v) is 2.03. The van der Waals surface area contributed by atoms with Gasteiger partial charge < -0.3 is 0 Å². The number of carbonyl (C=O) groups is 1. The van der Waals surface area contributed by atoms with Crippen molar-refractivity contribution in [1.82, 2.24) is 0 Å². The van der Waals surface area contributed by atoms with Crippen molar-refractivity contribution in [1.29, 1.82) is 0 Å². The third-order valence-electron chi connectivity index (χ3n) is 2.03. The summed E-state index contributed by atoms with van der Waals surface area (Å²) in [6.45, 7) is 5.61. The fraction of sp³-hybridized carbons (Fsp3) is 0.444. The molecule has 0 aromatic heterocycles. The Balaban J connectivity index is 2.70. The van der Waals surface area contributed by atoms with Crippen molar-refractivity contribution in [3.63, 3.8) is 0 Å². The van der Waals surface area contributed by atoms with E-state index in [4.69, 9.17) is 0 Å². The minimum Gasteiger partial charge on any atom is -0.294 e. The summed E-state index contributed by atoms with van der Waals surface area (Å²) < 4.78 is 0. The van der Waals surface area contributed by atoms with E-state index in [9.17, 15) is 4.79 Å². The second kappa shape index (κ2) is 2.41. The second-order valence-corrected chi connectivity index (χ2v) is 3.02. The predicted octanol–water partition coefficient (Wildman–Crippen LogP) is 2.10. The number of ketones is 1. The van der Waals surface area contributed by atoms with Gasteiger partial charge in [-0.15, -0.1) is 6.58 Å². The van der Waals surface area contributed by atoms with Gasteiger partial charge in [-0.05, 0) is 18.9 Å². The fourth-order valence-electron chi connectivity index (χ4n) is 1.23. The molecule has 0 unspecified atom stereocenters. The smallest absolute Gasteiger partial charge is 0.161 e. The Labute approximate surface area is 61.4 Å². The van der Waals surface area contributed by atoms with E-state index in [0.29, 0.717) is 0 Å². The molecule has 0 amide bonds. The van der Waals surface area contributed by atoms with Gasteiger partial charge in [-0.2, -0.15) is 0 Å². The zero-order valence-electron chi connectivity index (χ0n) is 6.26. The van der Waals surface area contributed by atoms with Gasteiger partial charge in [0.1, 0.15) is 0 Å². The second-order valence-electron chi connectivity index (χ2n) is 3.02. The van der Waals surface area contributed by atoms with Crippen LogP contribution in [0.5, 0.6) is 0 Å². The Morgan fingerprint density at radius 2 is 2.60 bits per heavy atom. The molecule has 0 saturated carbocycles. The molecule has 0 bridgehead atoms. The van der Waals surface area contributed by atoms with Gasteiger partial charge in [0, 0.05) is 5.41 Å². The Morgan fingerprint density at radius 1 is 1.90 bits per heavy atom. The average molecular weight is 136 g/mol. The predicted molar refractivity (Wildman–Crippen MR) is 41.7 cm³/mol. The lowest BCUT2D eigenvalue weighted by atomic mass is 9.83. The molecular formula is C9H12O. The van der Waals surface area contributed by atoms with Crippen molar-refractivity contribution in [2.24, 2.45) is 5.41 Å². The average Bonchev–Trinajstić information content (AvgIpc) is 2.15. The lowest BCUT2D eigenvalue weighted by Crippen LogP contribution is -2.20. The van der Waals surface area contributed by atoms with E-state index in [1.54, 1.807) is 6.08 Å². The monoisotopic (exact) mass is 136 g/mol. The lowest BCUT2D eigenvalue weighted by Gasteiger charge is -2.18. The Kier molecular flexibility index (Phi) is 1.75. The van der Waals surface area contributed by atoms with Gasteiger partial charge in [-0.3, -0.25) is 4.79 Å². The number of hydrogen-bond acceptors (Lipinski definition) is 1. The summed E-state index contributed by atoms with van der Waals surface area (Å²) in [5.41, 5.74) is -0.165. The first-order valence-corrected chi connectivity index (χ1v) is 3.51. The molecule has 0 spiro atoms. The topological polar surface area (TPSA) is 17.1 Å². The van der Waals surface area contributed by atoms with Crippen LogP contribution in [0, 0.1) is 5.41 Å². The highest BCUT2D eigenvalue weighted by Gasteiger charge is 2.31.